The molecule has 0 N–H and O–H groups in total. The van der Waals surface area contributed by atoms with E-state index in [0.29, 0.717) is 17.5 Å². The molecular formula is C44H25N5OS. The quantitative estimate of drug-likeness (QED) is 0.186. The fourth-order valence-corrected chi connectivity index (χ4v) is 8.52. The van der Waals surface area contributed by atoms with E-state index in [0.717, 1.165) is 60.9 Å². The number of furan rings is 1. The maximum absolute atomic E-state index is 6.22. The van der Waals surface area contributed by atoms with E-state index < -0.39 is 0 Å². The van der Waals surface area contributed by atoms with Crippen LogP contribution in [0.4, 0.5) is 0 Å². The van der Waals surface area contributed by atoms with Crippen LogP contribution in [-0.4, -0.2) is 24.5 Å². The molecule has 11 rings (SSSR count). The van der Waals surface area contributed by atoms with Gasteiger partial charge in [0.1, 0.15) is 16.8 Å². The lowest BCUT2D eigenvalue weighted by Gasteiger charge is -2.09. The molecule has 0 aliphatic rings. The first-order valence-corrected chi connectivity index (χ1v) is 17.6. The summed E-state index contributed by atoms with van der Waals surface area (Å²) < 4.78 is 10.9. The standard InChI is InChI=1S/C44H25N5OS/c1-2-10-26(11-3-1)41-46-42(48-43(47-41)33-14-8-18-37-40(33)32-13-5-7-17-36(32)50-37)27-19-22-38-34(24-27)30-21-20-28(25-39(30)51-38)49-35-16-6-4-12-29(35)31-15-9-23-45-44(31)49/h1-25H. The summed E-state index contributed by atoms with van der Waals surface area (Å²) in [6, 6.07) is 50.2. The van der Waals surface area contributed by atoms with Gasteiger partial charge in [-0.2, -0.15) is 0 Å². The van der Waals surface area contributed by atoms with Crippen molar-refractivity contribution in [3.8, 4) is 39.9 Å². The highest BCUT2D eigenvalue weighted by molar-refractivity contribution is 7.25. The molecule has 0 aliphatic carbocycles. The molecule has 7 heteroatoms. The summed E-state index contributed by atoms with van der Waals surface area (Å²) in [5.41, 5.74) is 7.61. The van der Waals surface area contributed by atoms with Crippen LogP contribution in [0.15, 0.2) is 156 Å². The Morgan fingerprint density at radius 2 is 1.25 bits per heavy atom. The Morgan fingerprint density at radius 1 is 0.490 bits per heavy atom. The minimum atomic E-state index is 0.607. The van der Waals surface area contributed by atoms with Gasteiger partial charge in [-0.05, 0) is 60.7 Å². The number of hydrogen-bond acceptors (Lipinski definition) is 6. The molecule has 0 bridgehead atoms. The number of rotatable bonds is 4. The maximum atomic E-state index is 6.22. The van der Waals surface area contributed by atoms with E-state index in [4.69, 9.17) is 24.4 Å². The van der Waals surface area contributed by atoms with Crippen LogP contribution in [0.3, 0.4) is 0 Å². The van der Waals surface area contributed by atoms with Crippen molar-refractivity contribution in [1.29, 1.82) is 0 Å². The van der Waals surface area contributed by atoms with Gasteiger partial charge in [0.05, 0.1) is 5.52 Å². The van der Waals surface area contributed by atoms with Crippen molar-refractivity contribution < 1.29 is 4.42 Å². The highest BCUT2D eigenvalue weighted by Crippen LogP contribution is 2.40. The predicted molar refractivity (Wildman–Crippen MR) is 208 cm³/mol. The van der Waals surface area contributed by atoms with Crippen LogP contribution in [0.5, 0.6) is 0 Å². The normalized spacial score (nSPS) is 11.9. The number of fused-ring (bicyclic) bond motifs is 9. The van der Waals surface area contributed by atoms with Gasteiger partial charge >= 0.3 is 0 Å². The van der Waals surface area contributed by atoms with Crippen molar-refractivity contribution in [1.82, 2.24) is 24.5 Å². The molecule has 5 aromatic heterocycles. The minimum Gasteiger partial charge on any atom is -0.456 e. The highest BCUT2D eigenvalue weighted by atomic mass is 32.1. The molecule has 0 radical (unpaired) electrons. The lowest BCUT2D eigenvalue weighted by Crippen LogP contribution is -2.00. The van der Waals surface area contributed by atoms with Crippen molar-refractivity contribution in [2.45, 2.75) is 0 Å². The van der Waals surface area contributed by atoms with E-state index in [9.17, 15) is 0 Å². The van der Waals surface area contributed by atoms with Gasteiger partial charge in [0.2, 0.25) is 0 Å². The van der Waals surface area contributed by atoms with Crippen LogP contribution in [0.1, 0.15) is 0 Å². The summed E-state index contributed by atoms with van der Waals surface area (Å²) in [4.78, 5) is 20.0. The smallest absolute Gasteiger partial charge is 0.164 e. The molecule has 0 unspecified atom stereocenters. The van der Waals surface area contributed by atoms with Gasteiger partial charge in [-0.3, -0.25) is 4.57 Å². The van der Waals surface area contributed by atoms with E-state index in [1.54, 1.807) is 11.3 Å². The average Bonchev–Trinajstić information content (AvgIpc) is 3.87. The zero-order chi connectivity index (χ0) is 33.5. The van der Waals surface area contributed by atoms with Gasteiger partial charge in [-0.1, -0.05) is 84.9 Å². The Kier molecular flexibility index (Phi) is 6.02. The summed E-state index contributed by atoms with van der Waals surface area (Å²) in [5.74, 6) is 1.86. The van der Waals surface area contributed by atoms with Gasteiger partial charge in [-0.25, -0.2) is 19.9 Å². The van der Waals surface area contributed by atoms with Crippen LogP contribution in [0.25, 0.3) is 104 Å². The molecule has 0 spiro atoms. The van der Waals surface area contributed by atoms with E-state index in [1.807, 2.05) is 72.9 Å². The summed E-state index contributed by atoms with van der Waals surface area (Å²) in [7, 11) is 0. The van der Waals surface area contributed by atoms with E-state index in [2.05, 4.69) is 83.4 Å². The summed E-state index contributed by atoms with van der Waals surface area (Å²) in [5, 5.41) is 6.75. The molecule has 0 amide bonds. The maximum Gasteiger partial charge on any atom is 0.164 e. The second-order valence-electron chi connectivity index (χ2n) is 12.7. The number of thiophene rings is 1. The van der Waals surface area contributed by atoms with Gasteiger partial charge in [0.15, 0.2) is 17.5 Å². The third-order valence-electron chi connectivity index (χ3n) is 9.72. The number of hydrogen-bond donors (Lipinski definition) is 0. The monoisotopic (exact) mass is 671 g/mol. The topological polar surface area (TPSA) is 69.6 Å². The molecule has 5 heterocycles. The van der Waals surface area contributed by atoms with E-state index in [1.165, 1.54) is 25.6 Å². The van der Waals surface area contributed by atoms with Crippen molar-refractivity contribution in [2.75, 3.05) is 0 Å². The van der Waals surface area contributed by atoms with Crippen LogP contribution in [-0.2, 0) is 0 Å². The highest BCUT2D eigenvalue weighted by Gasteiger charge is 2.19. The van der Waals surface area contributed by atoms with Gasteiger partial charge < -0.3 is 4.42 Å². The molecular weight excluding hydrogens is 647 g/mol. The first kappa shape index (κ1) is 28.2. The third kappa shape index (κ3) is 4.35. The zero-order valence-corrected chi connectivity index (χ0v) is 27.8. The first-order valence-electron chi connectivity index (χ1n) is 16.8. The molecule has 0 saturated carbocycles. The van der Waals surface area contributed by atoms with Crippen molar-refractivity contribution >= 4 is 75.4 Å². The SMILES string of the molecule is c1ccc(-c2nc(-c3ccc4sc5cc(-n6c7ccccc7c7cccnc76)ccc5c4c3)nc(-c3cccc4oc5ccccc5c34)n2)cc1. The van der Waals surface area contributed by atoms with Crippen LogP contribution in [0, 0.1) is 0 Å². The number of pyridine rings is 1. The number of benzene rings is 6. The van der Waals surface area contributed by atoms with Crippen molar-refractivity contribution in [3.05, 3.63) is 152 Å². The number of para-hydroxylation sites is 2. The second-order valence-corrected chi connectivity index (χ2v) is 13.8. The fourth-order valence-electron chi connectivity index (χ4n) is 7.40. The summed E-state index contributed by atoms with van der Waals surface area (Å²) in [6.07, 6.45) is 1.87. The van der Waals surface area contributed by atoms with Crippen molar-refractivity contribution in [3.63, 3.8) is 0 Å². The first-order chi connectivity index (χ1) is 25.3. The second kappa shape index (κ2) is 10.9. The number of aromatic nitrogens is 5. The summed E-state index contributed by atoms with van der Waals surface area (Å²) >= 11 is 1.79. The zero-order valence-electron chi connectivity index (χ0n) is 27.0. The third-order valence-corrected chi connectivity index (χ3v) is 10.8. The molecule has 6 nitrogen and oxygen atoms in total. The summed E-state index contributed by atoms with van der Waals surface area (Å²) in [6.45, 7) is 0. The molecule has 0 fully saturated rings. The molecule has 0 aliphatic heterocycles. The lowest BCUT2D eigenvalue weighted by molar-refractivity contribution is 0.669. The number of nitrogens with zero attached hydrogens (tertiary/aromatic N) is 5. The Hall–Kier alpha value is -6.70. The predicted octanol–water partition coefficient (Wildman–Crippen LogP) is 11.6. The fraction of sp³-hybridized carbons (Fsp3) is 0. The largest absolute Gasteiger partial charge is 0.456 e. The molecule has 51 heavy (non-hydrogen) atoms. The van der Waals surface area contributed by atoms with Gasteiger partial charge in [0, 0.05) is 70.3 Å². The Morgan fingerprint density at radius 3 is 2.18 bits per heavy atom. The van der Waals surface area contributed by atoms with E-state index in [-0.39, 0.29) is 0 Å². The molecule has 6 aromatic carbocycles. The molecule has 11 aromatic rings. The van der Waals surface area contributed by atoms with Gasteiger partial charge in [0.25, 0.3) is 0 Å². The minimum absolute atomic E-state index is 0.607. The molecule has 0 atom stereocenters. The Bertz CT molecular complexity index is 3100. The lowest BCUT2D eigenvalue weighted by atomic mass is 10.0. The van der Waals surface area contributed by atoms with Crippen molar-refractivity contribution in [2.24, 2.45) is 0 Å². The van der Waals surface area contributed by atoms with Gasteiger partial charge in [-0.15, -0.1) is 11.3 Å². The van der Waals surface area contributed by atoms with Crippen LogP contribution < -0.4 is 0 Å². The average molecular weight is 672 g/mol. The van der Waals surface area contributed by atoms with Crippen LogP contribution in [0.2, 0.25) is 0 Å². The Balaban J connectivity index is 1.09. The molecule has 238 valence electrons. The Labute approximate surface area is 294 Å². The van der Waals surface area contributed by atoms with E-state index >= 15 is 0 Å². The van der Waals surface area contributed by atoms with Crippen LogP contribution >= 0.6 is 11.3 Å². The molecule has 0 saturated heterocycles.